The molecule has 0 saturated carbocycles. The first kappa shape index (κ1) is 15.7. The summed E-state index contributed by atoms with van der Waals surface area (Å²) in [4.78, 5) is 26.7. The Labute approximate surface area is 120 Å². The topological polar surface area (TPSA) is 40.6 Å². The predicted molar refractivity (Wildman–Crippen MR) is 79.3 cm³/mol. The lowest BCUT2D eigenvalue weighted by Gasteiger charge is -2.19. The second-order valence-electron chi connectivity index (χ2n) is 4.60. The quantitative estimate of drug-likeness (QED) is 0.608. The lowest BCUT2D eigenvalue weighted by molar-refractivity contribution is -0.126. The Morgan fingerprint density at radius 1 is 1.25 bits per heavy atom. The van der Waals surface area contributed by atoms with Crippen molar-refractivity contribution in [3.05, 3.63) is 53.8 Å². The fraction of sp³-hybridized carbons (Fsp3) is 0.312. The van der Waals surface area contributed by atoms with E-state index in [1.807, 2.05) is 19.1 Å². The number of hydrogen-bond donors (Lipinski definition) is 0. The van der Waals surface area contributed by atoms with E-state index in [9.17, 15) is 9.59 Å². The average molecular weight is 272 g/mol. The first-order valence-electron chi connectivity index (χ1n) is 6.45. The van der Waals surface area contributed by atoms with Gasteiger partial charge in [0.1, 0.15) is 0 Å². The molecule has 0 aliphatic carbocycles. The van der Waals surface area contributed by atoms with Crippen molar-refractivity contribution in [1.29, 1.82) is 0 Å². The van der Waals surface area contributed by atoms with Crippen molar-refractivity contribution in [3.63, 3.8) is 0 Å². The van der Waals surface area contributed by atoms with Gasteiger partial charge in [0, 0.05) is 38.8 Å². The number of amides is 2. The largest absolute Gasteiger partial charge is 0.345 e. The molecule has 0 heterocycles. The van der Waals surface area contributed by atoms with Crippen molar-refractivity contribution in [3.8, 4) is 0 Å². The Hall–Kier alpha value is -2.32. The van der Waals surface area contributed by atoms with Gasteiger partial charge in [-0.15, -0.1) is 5.73 Å². The van der Waals surface area contributed by atoms with Crippen LogP contribution < -0.4 is 0 Å². The van der Waals surface area contributed by atoms with E-state index >= 15 is 0 Å². The molecule has 0 saturated heterocycles. The molecule has 106 valence electrons. The Balaban J connectivity index is 2.81. The zero-order chi connectivity index (χ0) is 15.1. The molecule has 0 radical (unpaired) electrons. The summed E-state index contributed by atoms with van der Waals surface area (Å²) in [7, 11) is 3.44. The van der Waals surface area contributed by atoms with E-state index in [2.05, 4.69) is 12.3 Å². The highest BCUT2D eigenvalue weighted by Crippen LogP contribution is 2.09. The number of carbonyl (C=O) groups excluding carboxylic acids is 2. The Kier molecular flexibility index (Phi) is 5.75. The lowest BCUT2D eigenvalue weighted by Crippen LogP contribution is -2.28. The molecule has 0 unspecified atom stereocenters. The summed E-state index contributed by atoms with van der Waals surface area (Å²) in [5.74, 6) is -0.148. The highest BCUT2D eigenvalue weighted by molar-refractivity contribution is 5.93. The van der Waals surface area contributed by atoms with Gasteiger partial charge in [0.15, 0.2) is 0 Å². The first-order chi connectivity index (χ1) is 9.49. The Morgan fingerprint density at radius 3 is 2.30 bits per heavy atom. The van der Waals surface area contributed by atoms with Crippen LogP contribution >= 0.6 is 0 Å². The van der Waals surface area contributed by atoms with Crippen LogP contribution in [0.1, 0.15) is 22.8 Å². The molecule has 4 heteroatoms. The first-order valence-corrected chi connectivity index (χ1v) is 6.45. The number of hydrogen-bond acceptors (Lipinski definition) is 2. The third kappa shape index (κ3) is 4.11. The zero-order valence-electron chi connectivity index (χ0n) is 12.2. The molecule has 0 aliphatic rings. The molecule has 20 heavy (non-hydrogen) atoms. The van der Waals surface area contributed by atoms with Gasteiger partial charge in [0.05, 0.1) is 0 Å². The molecule has 4 nitrogen and oxygen atoms in total. The fourth-order valence-electron chi connectivity index (χ4n) is 1.76. The molecule has 1 rings (SSSR count). The van der Waals surface area contributed by atoms with Crippen LogP contribution in [0.25, 0.3) is 0 Å². The highest BCUT2D eigenvalue weighted by atomic mass is 16.2. The number of benzene rings is 1. The smallest absolute Gasteiger partial charge is 0.254 e. The van der Waals surface area contributed by atoms with Crippen LogP contribution in [0, 0.1) is 0 Å². The number of nitrogens with zero attached hydrogens (tertiary/aromatic N) is 2. The molecule has 0 aliphatic heterocycles. The minimum absolute atomic E-state index is 0.0328. The monoisotopic (exact) mass is 272 g/mol. The third-order valence-corrected chi connectivity index (χ3v) is 2.90. The second-order valence-corrected chi connectivity index (χ2v) is 4.60. The highest BCUT2D eigenvalue weighted by Gasteiger charge is 2.11. The number of rotatable bonds is 5. The van der Waals surface area contributed by atoms with Gasteiger partial charge in [-0.1, -0.05) is 18.7 Å². The average Bonchev–Trinajstić information content (AvgIpc) is 2.44. The van der Waals surface area contributed by atoms with E-state index < -0.39 is 0 Å². The van der Waals surface area contributed by atoms with Gasteiger partial charge in [0.2, 0.25) is 0 Å². The summed E-state index contributed by atoms with van der Waals surface area (Å²) in [6, 6.07) is 7.28. The maximum atomic E-state index is 11.8. The van der Waals surface area contributed by atoms with Crippen LogP contribution in [-0.2, 0) is 11.3 Å². The van der Waals surface area contributed by atoms with Crippen LogP contribution in [0.3, 0.4) is 0 Å². The van der Waals surface area contributed by atoms with Crippen LogP contribution in [0.5, 0.6) is 0 Å². The molecule has 0 fully saturated rings. The van der Waals surface area contributed by atoms with Gasteiger partial charge < -0.3 is 9.80 Å². The van der Waals surface area contributed by atoms with Gasteiger partial charge in [-0.3, -0.25) is 9.59 Å². The van der Waals surface area contributed by atoms with E-state index in [0.29, 0.717) is 18.7 Å². The maximum absolute atomic E-state index is 11.8. The number of carbonyl (C=O) groups is 2. The molecule has 0 bridgehead atoms. The molecule has 1 aromatic carbocycles. The summed E-state index contributed by atoms with van der Waals surface area (Å²) in [6.45, 7) is 6.43. The molecule has 0 atom stereocenters. The third-order valence-electron chi connectivity index (χ3n) is 2.90. The van der Waals surface area contributed by atoms with E-state index in [1.165, 1.54) is 11.0 Å². The van der Waals surface area contributed by atoms with E-state index in [-0.39, 0.29) is 11.8 Å². The molecule has 0 N–H and O–H groups in total. The summed E-state index contributed by atoms with van der Waals surface area (Å²) < 4.78 is 0. The standard InChI is InChI=1S/C16H20N2O2/c1-5-7-15(19)18(6-2)12-13-8-10-14(11-9-13)16(20)17(3)4/h7-11H,1,6,12H2,2-4H3. The van der Waals surface area contributed by atoms with Crippen LogP contribution in [0.4, 0.5) is 0 Å². The predicted octanol–water partition coefficient (Wildman–Crippen LogP) is 2.08. The summed E-state index contributed by atoms with van der Waals surface area (Å²) in [5.41, 5.74) is 4.11. The molecule has 0 spiro atoms. The van der Waals surface area contributed by atoms with Crippen molar-refractivity contribution in [2.45, 2.75) is 13.5 Å². The summed E-state index contributed by atoms with van der Waals surface area (Å²) in [6.07, 6.45) is 1.33. The zero-order valence-corrected chi connectivity index (χ0v) is 12.2. The number of likely N-dealkylation sites (N-methyl/N-ethyl adjacent to an activating group) is 1. The Morgan fingerprint density at radius 2 is 1.85 bits per heavy atom. The van der Waals surface area contributed by atoms with Gasteiger partial charge in [0.25, 0.3) is 11.8 Å². The lowest BCUT2D eigenvalue weighted by atomic mass is 10.1. The normalized spacial score (nSPS) is 9.55. The molecule has 1 aromatic rings. The van der Waals surface area contributed by atoms with Crippen molar-refractivity contribution in [2.75, 3.05) is 20.6 Å². The van der Waals surface area contributed by atoms with Crippen molar-refractivity contribution in [2.24, 2.45) is 0 Å². The minimum Gasteiger partial charge on any atom is -0.345 e. The summed E-state index contributed by atoms with van der Waals surface area (Å²) in [5, 5.41) is 0. The SMILES string of the molecule is C=C=CC(=O)N(CC)Cc1ccc(C(=O)N(C)C)cc1. The van der Waals surface area contributed by atoms with Crippen molar-refractivity contribution >= 4 is 11.8 Å². The van der Waals surface area contributed by atoms with Crippen LogP contribution in [0.15, 0.2) is 42.7 Å². The van der Waals surface area contributed by atoms with Crippen LogP contribution in [0.2, 0.25) is 0 Å². The fourth-order valence-corrected chi connectivity index (χ4v) is 1.76. The Bertz CT molecular complexity index is 526. The van der Waals surface area contributed by atoms with E-state index in [4.69, 9.17) is 0 Å². The molecule has 0 aromatic heterocycles. The molecular formula is C16H20N2O2. The molecule has 2 amide bonds. The van der Waals surface area contributed by atoms with Gasteiger partial charge in [-0.25, -0.2) is 0 Å². The van der Waals surface area contributed by atoms with Gasteiger partial charge in [-0.2, -0.15) is 0 Å². The second kappa shape index (κ2) is 7.31. The van der Waals surface area contributed by atoms with Crippen molar-refractivity contribution in [1.82, 2.24) is 9.80 Å². The van der Waals surface area contributed by atoms with Gasteiger partial charge in [-0.05, 0) is 24.6 Å². The van der Waals surface area contributed by atoms with E-state index in [1.54, 1.807) is 31.1 Å². The van der Waals surface area contributed by atoms with Gasteiger partial charge >= 0.3 is 0 Å². The van der Waals surface area contributed by atoms with E-state index in [0.717, 1.165) is 5.56 Å². The maximum Gasteiger partial charge on any atom is 0.254 e. The molecular weight excluding hydrogens is 252 g/mol. The minimum atomic E-state index is -0.115. The summed E-state index contributed by atoms with van der Waals surface area (Å²) >= 11 is 0. The van der Waals surface area contributed by atoms with Crippen molar-refractivity contribution < 1.29 is 9.59 Å². The van der Waals surface area contributed by atoms with Crippen LogP contribution in [-0.4, -0.2) is 42.3 Å².